The molecule has 0 aliphatic carbocycles. The summed E-state index contributed by atoms with van der Waals surface area (Å²) >= 11 is 0. The van der Waals surface area contributed by atoms with E-state index < -0.39 is 23.0 Å². The maximum absolute atomic E-state index is 12.2. The van der Waals surface area contributed by atoms with Gasteiger partial charge in [-0.15, -0.1) is 0 Å². The number of benzene rings is 2. The molecule has 0 saturated heterocycles. The fourth-order valence-electron chi connectivity index (χ4n) is 1.80. The van der Waals surface area contributed by atoms with Crippen LogP contribution in [0.1, 0.15) is 21.5 Å². The van der Waals surface area contributed by atoms with Crippen molar-refractivity contribution in [1.29, 1.82) is 0 Å². The van der Waals surface area contributed by atoms with E-state index >= 15 is 0 Å². The molecule has 98 valence electrons. The summed E-state index contributed by atoms with van der Waals surface area (Å²) in [4.78, 5) is 12.2. The highest BCUT2D eigenvalue weighted by Gasteiger charge is 2.19. The lowest BCUT2D eigenvalue weighted by atomic mass is 9.98. The molecule has 5 nitrogen and oxygen atoms in total. The number of phenols is 4. The molecule has 0 aromatic heterocycles. The van der Waals surface area contributed by atoms with Crippen LogP contribution in [0.2, 0.25) is 0 Å². The smallest absolute Gasteiger partial charge is 0.201 e. The number of rotatable bonds is 2. The first kappa shape index (κ1) is 12.8. The number of hydrogen-bond donors (Lipinski definition) is 4. The van der Waals surface area contributed by atoms with Crippen molar-refractivity contribution in [3.8, 4) is 23.0 Å². The minimum Gasteiger partial charge on any atom is -0.508 e. The van der Waals surface area contributed by atoms with Crippen LogP contribution in [0, 0.1) is 6.92 Å². The van der Waals surface area contributed by atoms with Crippen molar-refractivity contribution in [3.63, 3.8) is 0 Å². The Morgan fingerprint density at radius 3 is 2.16 bits per heavy atom. The molecule has 0 aliphatic rings. The van der Waals surface area contributed by atoms with Crippen LogP contribution in [-0.4, -0.2) is 26.2 Å². The summed E-state index contributed by atoms with van der Waals surface area (Å²) in [6.45, 7) is 1.64. The van der Waals surface area contributed by atoms with Crippen molar-refractivity contribution in [2.75, 3.05) is 0 Å². The summed E-state index contributed by atoms with van der Waals surface area (Å²) in [6.07, 6.45) is 0. The molecule has 0 atom stereocenters. The van der Waals surface area contributed by atoms with Crippen LogP contribution in [0.3, 0.4) is 0 Å². The van der Waals surface area contributed by atoms with Crippen LogP contribution >= 0.6 is 0 Å². The molecule has 5 heteroatoms. The molecule has 2 aromatic rings. The standard InChI is InChI=1S/C14H12O5/c1-7-6-8(15)2-3-9(7)12(17)10-4-5-11(16)14(19)13(10)18/h2-6,15-16,18-19H,1H3. The van der Waals surface area contributed by atoms with Crippen LogP contribution in [0.15, 0.2) is 30.3 Å². The minimum absolute atomic E-state index is 0.0341. The molecule has 0 fully saturated rings. The van der Waals surface area contributed by atoms with Gasteiger partial charge in [0.25, 0.3) is 0 Å². The Bertz CT molecular complexity index is 661. The van der Waals surface area contributed by atoms with Gasteiger partial charge < -0.3 is 20.4 Å². The molecular weight excluding hydrogens is 248 g/mol. The highest BCUT2D eigenvalue weighted by molar-refractivity contribution is 6.12. The zero-order valence-electron chi connectivity index (χ0n) is 10.1. The molecule has 2 rings (SSSR count). The molecule has 19 heavy (non-hydrogen) atoms. The average Bonchev–Trinajstić information content (AvgIpc) is 2.35. The van der Waals surface area contributed by atoms with E-state index in [4.69, 9.17) is 0 Å². The van der Waals surface area contributed by atoms with Gasteiger partial charge in [0, 0.05) is 5.56 Å². The van der Waals surface area contributed by atoms with E-state index in [0.717, 1.165) is 6.07 Å². The van der Waals surface area contributed by atoms with Crippen molar-refractivity contribution in [2.45, 2.75) is 6.92 Å². The third-order valence-electron chi connectivity index (χ3n) is 2.83. The highest BCUT2D eigenvalue weighted by Crippen LogP contribution is 2.38. The summed E-state index contributed by atoms with van der Waals surface area (Å²) in [5.74, 6) is -2.38. The number of carbonyl (C=O) groups excluding carboxylic acids is 1. The lowest BCUT2D eigenvalue weighted by molar-refractivity contribution is 0.103. The third-order valence-corrected chi connectivity index (χ3v) is 2.83. The Morgan fingerprint density at radius 2 is 1.53 bits per heavy atom. The van der Waals surface area contributed by atoms with E-state index in [1.54, 1.807) is 6.92 Å². The molecule has 4 N–H and O–H groups in total. The number of carbonyl (C=O) groups is 1. The van der Waals surface area contributed by atoms with Gasteiger partial charge in [-0.25, -0.2) is 0 Å². The van der Waals surface area contributed by atoms with Crippen molar-refractivity contribution in [1.82, 2.24) is 0 Å². The Labute approximate surface area is 109 Å². The maximum atomic E-state index is 12.2. The predicted molar refractivity (Wildman–Crippen MR) is 67.7 cm³/mol. The highest BCUT2D eigenvalue weighted by atomic mass is 16.3. The number of phenolic OH excluding ortho intramolecular Hbond substituents is 4. The van der Waals surface area contributed by atoms with Crippen molar-refractivity contribution >= 4 is 5.78 Å². The minimum atomic E-state index is -0.734. The van der Waals surface area contributed by atoms with Crippen LogP contribution in [0.4, 0.5) is 0 Å². The van der Waals surface area contributed by atoms with Crippen molar-refractivity contribution in [2.24, 2.45) is 0 Å². The molecule has 0 bridgehead atoms. The number of aromatic hydroxyl groups is 4. The second kappa shape index (κ2) is 4.53. The molecule has 0 unspecified atom stereocenters. The summed E-state index contributed by atoms with van der Waals surface area (Å²) < 4.78 is 0. The molecule has 0 saturated carbocycles. The zero-order valence-corrected chi connectivity index (χ0v) is 10.1. The molecule has 0 amide bonds. The van der Waals surface area contributed by atoms with Gasteiger partial charge in [0.2, 0.25) is 5.75 Å². The fourth-order valence-corrected chi connectivity index (χ4v) is 1.80. The number of aryl methyl sites for hydroxylation is 1. The first-order valence-electron chi connectivity index (χ1n) is 5.50. The van der Waals surface area contributed by atoms with Gasteiger partial charge in [0.05, 0.1) is 5.56 Å². The van der Waals surface area contributed by atoms with E-state index in [1.165, 1.54) is 24.3 Å². The van der Waals surface area contributed by atoms with Gasteiger partial charge in [-0.05, 0) is 42.8 Å². The number of ketones is 1. The first-order chi connectivity index (χ1) is 8.91. The van der Waals surface area contributed by atoms with Gasteiger partial charge in [0.1, 0.15) is 5.75 Å². The Hall–Kier alpha value is -2.69. The quantitative estimate of drug-likeness (QED) is 0.489. The van der Waals surface area contributed by atoms with Crippen LogP contribution in [0.5, 0.6) is 23.0 Å². The normalized spacial score (nSPS) is 10.4. The van der Waals surface area contributed by atoms with Gasteiger partial charge in [-0.1, -0.05) is 0 Å². The lowest BCUT2D eigenvalue weighted by Gasteiger charge is -2.09. The van der Waals surface area contributed by atoms with E-state index in [0.29, 0.717) is 5.56 Å². The first-order valence-corrected chi connectivity index (χ1v) is 5.50. The molecule has 0 heterocycles. The van der Waals surface area contributed by atoms with E-state index in [9.17, 15) is 25.2 Å². The average molecular weight is 260 g/mol. The third kappa shape index (κ3) is 2.18. The Balaban J connectivity index is 2.53. The summed E-state index contributed by atoms with van der Waals surface area (Å²) in [6, 6.07) is 6.55. The van der Waals surface area contributed by atoms with E-state index in [2.05, 4.69) is 0 Å². The van der Waals surface area contributed by atoms with Gasteiger partial charge in [0.15, 0.2) is 17.3 Å². The second-order valence-corrected chi connectivity index (χ2v) is 4.16. The summed E-state index contributed by atoms with van der Waals surface area (Å²) in [7, 11) is 0. The monoisotopic (exact) mass is 260 g/mol. The summed E-state index contributed by atoms with van der Waals surface area (Å²) in [5.41, 5.74) is 0.708. The number of hydrogen-bond acceptors (Lipinski definition) is 5. The van der Waals surface area contributed by atoms with Gasteiger partial charge in [-0.3, -0.25) is 4.79 Å². The van der Waals surface area contributed by atoms with Crippen LogP contribution in [0.25, 0.3) is 0 Å². The maximum Gasteiger partial charge on any atom is 0.201 e. The molecular formula is C14H12O5. The SMILES string of the molecule is Cc1cc(O)ccc1C(=O)c1ccc(O)c(O)c1O. The van der Waals surface area contributed by atoms with Gasteiger partial charge in [-0.2, -0.15) is 0 Å². The Morgan fingerprint density at radius 1 is 0.895 bits per heavy atom. The molecule has 0 spiro atoms. The van der Waals surface area contributed by atoms with Crippen molar-refractivity contribution in [3.05, 3.63) is 47.0 Å². The van der Waals surface area contributed by atoms with Crippen molar-refractivity contribution < 1.29 is 25.2 Å². The Kier molecular flexibility index (Phi) is 3.04. The fraction of sp³-hybridized carbons (Fsp3) is 0.0714. The van der Waals surface area contributed by atoms with Crippen LogP contribution in [-0.2, 0) is 0 Å². The zero-order chi connectivity index (χ0) is 14.2. The lowest BCUT2D eigenvalue weighted by Crippen LogP contribution is -2.04. The van der Waals surface area contributed by atoms with Crippen LogP contribution < -0.4 is 0 Å². The van der Waals surface area contributed by atoms with E-state index in [-0.39, 0.29) is 16.9 Å². The van der Waals surface area contributed by atoms with Gasteiger partial charge >= 0.3 is 0 Å². The topological polar surface area (TPSA) is 98.0 Å². The largest absolute Gasteiger partial charge is 0.508 e. The van der Waals surface area contributed by atoms with E-state index in [1.807, 2.05) is 0 Å². The predicted octanol–water partition coefficient (Wildman–Crippen LogP) is 2.05. The molecule has 0 aliphatic heterocycles. The second-order valence-electron chi connectivity index (χ2n) is 4.16. The summed E-state index contributed by atoms with van der Waals surface area (Å²) in [5, 5.41) is 37.6. The molecule has 2 aromatic carbocycles. The molecule has 0 radical (unpaired) electrons.